The van der Waals surface area contributed by atoms with E-state index in [4.69, 9.17) is 4.98 Å². The summed E-state index contributed by atoms with van der Waals surface area (Å²) in [5.74, 6) is 1.53. The van der Waals surface area contributed by atoms with Crippen LogP contribution in [0.2, 0.25) is 0 Å². The molecule has 4 nitrogen and oxygen atoms in total. The molecular formula is C15H22N4. The minimum Gasteiger partial charge on any atom is -0.371 e. The summed E-state index contributed by atoms with van der Waals surface area (Å²) in [6.45, 7) is 6.84. The molecule has 0 amide bonds. The highest BCUT2D eigenvalue weighted by atomic mass is 15.2. The minimum atomic E-state index is 0.557. The number of hydrogen-bond donors (Lipinski definition) is 1. The van der Waals surface area contributed by atoms with Gasteiger partial charge in [-0.05, 0) is 38.9 Å². The van der Waals surface area contributed by atoms with Gasteiger partial charge in [0.15, 0.2) is 0 Å². The zero-order chi connectivity index (χ0) is 13.4. The molecule has 0 spiro atoms. The van der Waals surface area contributed by atoms with Gasteiger partial charge in [-0.2, -0.15) is 0 Å². The number of anilines is 1. The number of likely N-dealkylation sites (tertiary alicyclic amines) is 1. The van der Waals surface area contributed by atoms with Gasteiger partial charge in [-0.15, -0.1) is 0 Å². The Balaban J connectivity index is 1.93. The highest BCUT2D eigenvalue weighted by Crippen LogP contribution is 2.29. The lowest BCUT2D eigenvalue weighted by molar-refractivity contribution is 0.272. The van der Waals surface area contributed by atoms with Crippen LogP contribution in [0.1, 0.15) is 31.9 Å². The maximum absolute atomic E-state index is 4.81. The summed E-state index contributed by atoms with van der Waals surface area (Å²) in [7, 11) is 1.94. The Morgan fingerprint density at radius 3 is 2.95 bits per heavy atom. The third-order valence-corrected chi connectivity index (χ3v) is 4.14. The van der Waals surface area contributed by atoms with E-state index in [1.165, 1.54) is 18.7 Å². The SMILES string of the molecule is CNc1nc(C2CCN(C(C)C)C2)cn2cccc12. The average molecular weight is 258 g/mol. The number of aromatic nitrogens is 2. The van der Waals surface area contributed by atoms with Crippen molar-refractivity contribution in [3.8, 4) is 0 Å². The van der Waals surface area contributed by atoms with E-state index in [-0.39, 0.29) is 0 Å². The van der Waals surface area contributed by atoms with Crippen LogP contribution in [0.15, 0.2) is 24.5 Å². The van der Waals surface area contributed by atoms with E-state index in [1.807, 2.05) is 7.05 Å². The van der Waals surface area contributed by atoms with Crippen LogP contribution in [0.4, 0.5) is 5.82 Å². The lowest BCUT2D eigenvalue weighted by Crippen LogP contribution is -2.28. The molecule has 0 radical (unpaired) electrons. The number of hydrogen-bond acceptors (Lipinski definition) is 3. The molecule has 0 aromatic carbocycles. The summed E-state index contributed by atoms with van der Waals surface area (Å²) in [5.41, 5.74) is 2.35. The van der Waals surface area contributed by atoms with E-state index in [9.17, 15) is 0 Å². The van der Waals surface area contributed by atoms with Crippen LogP contribution in [0.25, 0.3) is 5.52 Å². The molecule has 0 saturated carbocycles. The largest absolute Gasteiger partial charge is 0.371 e. The molecule has 1 saturated heterocycles. The van der Waals surface area contributed by atoms with Crippen molar-refractivity contribution in [2.75, 3.05) is 25.5 Å². The molecule has 102 valence electrons. The molecule has 1 unspecified atom stereocenters. The van der Waals surface area contributed by atoms with Gasteiger partial charge in [-0.25, -0.2) is 4.98 Å². The average Bonchev–Trinajstić information content (AvgIpc) is 3.05. The van der Waals surface area contributed by atoms with Crippen LogP contribution >= 0.6 is 0 Å². The van der Waals surface area contributed by atoms with Gasteiger partial charge >= 0.3 is 0 Å². The van der Waals surface area contributed by atoms with E-state index < -0.39 is 0 Å². The van der Waals surface area contributed by atoms with Crippen molar-refractivity contribution in [1.82, 2.24) is 14.3 Å². The maximum atomic E-state index is 4.81. The highest BCUT2D eigenvalue weighted by Gasteiger charge is 2.27. The van der Waals surface area contributed by atoms with Crippen molar-refractivity contribution in [2.24, 2.45) is 0 Å². The summed E-state index contributed by atoms with van der Waals surface area (Å²) >= 11 is 0. The molecule has 0 bridgehead atoms. The first-order chi connectivity index (χ1) is 9.19. The quantitative estimate of drug-likeness (QED) is 0.918. The van der Waals surface area contributed by atoms with Crippen molar-refractivity contribution in [1.29, 1.82) is 0 Å². The van der Waals surface area contributed by atoms with Crippen LogP contribution in [0.3, 0.4) is 0 Å². The number of fused-ring (bicyclic) bond motifs is 1. The van der Waals surface area contributed by atoms with Crippen molar-refractivity contribution in [3.63, 3.8) is 0 Å². The first-order valence-corrected chi connectivity index (χ1v) is 7.08. The summed E-state index contributed by atoms with van der Waals surface area (Å²) in [6, 6.07) is 4.79. The molecule has 3 heterocycles. The van der Waals surface area contributed by atoms with Gasteiger partial charge in [0.25, 0.3) is 0 Å². The minimum absolute atomic E-state index is 0.557. The molecule has 0 aliphatic carbocycles. The first-order valence-electron chi connectivity index (χ1n) is 7.08. The molecule has 19 heavy (non-hydrogen) atoms. The van der Waals surface area contributed by atoms with Crippen LogP contribution in [0.5, 0.6) is 0 Å². The summed E-state index contributed by atoms with van der Waals surface area (Å²) < 4.78 is 2.17. The monoisotopic (exact) mass is 258 g/mol. The molecule has 1 atom stereocenters. The normalized spacial score (nSPS) is 20.5. The highest BCUT2D eigenvalue weighted by molar-refractivity contribution is 5.68. The lowest BCUT2D eigenvalue weighted by Gasteiger charge is -2.20. The third kappa shape index (κ3) is 2.21. The summed E-state index contributed by atoms with van der Waals surface area (Å²) in [5, 5.41) is 3.21. The van der Waals surface area contributed by atoms with Crippen LogP contribution in [0, 0.1) is 0 Å². The molecule has 3 rings (SSSR count). The van der Waals surface area contributed by atoms with Crippen molar-refractivity contribution < 1.29 is 0 Å². The van der Waals surface area contributed by atoms with E-state index in [2.05, 4.69) is 53.0 Å². The smallest absolute Gasteiger partial charge is 0.150 e. The molecule has 2 aromatic heterocycles. The predicted molar refractivity (Wildman–Crippen MR) is 78.8 cm³/mol. The maximum Gasteiger partial charge on any atom is 0.150 e. The van der Waals surface area contributed by atoms with Gasteiger partial charge in [0.1, 0.15) is 5.82 Å². The van der Waals surface area contributed by atoms with E-state index in [0.29, 0.717) is 12.0 Å². The molecule has 4 heteroatoms. The Morgan fingerprint density at radius 1 is 1.42 bits per heavy atom. The van der Waals surface area contributed by atoms with E-state index >= 15 is 0 Å². The fourth-order valence-electron chi connectivity index (χ4n) is 2.94. The Morgan fingerprint density at radius 2 is 2.26 bits per heavy atom. The van der Waals surface area contributed by atoms with Gasteiger partial charge in [0, 0.05) is 37.9 Å². The fraction of sp³-hybridized carbons (Fsp3) is 0.533. The molecule has 1 fully saturated rings. The lowest BCUT2D eigenvalue weighted by atomic mass is 10.1. The number of nitrogens with zero attached hydrogens (tertiary/aromatic N) is 3. The Kier molecular flexibility index (Phi) is 3.19. The molecule has 1 aliphatic rings. The fourth-order valence-corrected chi connectivity index (χ4v) is 2.94. The summed E-state index contributed by atoms with van der Waals surface area (Å²) in [6.07, 6.45) is 5.49. The summed E-state index contributed by atoms with van der Waals surface area (Å²) in [4.78, 5) is 7.34. The standard InChI is InChI=1S/C15H22N4/c1-11(2)18-8-6-12(9-18)13-10-19-7-4-5-14(19)15(16-3)17-13/h4-5,7,10-12H,6,8-9H2,1-3H3,(H,16,17). The van der Waals surface area contributed by atoms with Crippen molar-refractivity contribution in [2.45, 2.75) is 32.2 Å². The van der Waals surface area contributed by atoms with Crippen LogP contribution < -0.4 is 5.32 Å². The molecule has 1 aliphatic heterocycles. The van der Waals surface area contributed by atoms with Gasteiger partial charge in [0.2, 0.25) is 0 Å². The van der Waals surface area contributed by atoms with E-state index in [0.717, 1.165) is 17.9 Å². The number of nitrogens with one attached hydrogen (secondary N) is 1. The first kappa shape index (κ1) is 12.5. The topological polar surface area (TPSA) is 32.6 Å². The second-order valence-electron chi connectivity index (χ2n) is 5.64. The number of rotatable bonds is 3. The van der Waals surface area contributed by atoms with Gasteiger partial charge in [-0.1, -0.05) is 0 Å². The van der Waals surface area contributed by atoms with E-state index in [1.54, 1.807) is 0 Å². The molecule has 1 N–H and O–H groups in total. The van der Waals surface area contributed by atoms with Crippen molar-refractivity contribution in [3.05, 3.63) is 30.2 Å². The Bertz CT molecular complexity index is 573. The zero-order valence-corrected chi connectivity index (χ0v) is 11.9. The predicted octanol–water partition coefficient (Wildman–Crippen LogP) is 2.57. The molecule has 2 aromatic rings. The Labute approximate surface area is 114 Å². The second kappa shape index (κ2) is 4.85. The van der Waals surface area contributed by atoms with Crippen LogP contribution in [-0.2, 0) is 0 Å². The van der Waals surface area contributed by atoms with Crippen LogP contribution in [-0.4, -0.2) is 40.5 Å². The van der Waals surface area contributed by atoms with Crippen molar-refractivity contribution >= 4 is 11.3 Å². The van der Waals surface area contributed by atoms with Gasteiger partial charge in [-0.3, -0.25) is 0 Å². The Hall–Kier alpha value is -1.55. The van der Waals surface area contributed by atoms with Gasteiger partial charge in [0.05, 0.1) is 11.2 Å². The zero-order valence-electron chi connectivity index (χ0n) is 11.9. The van der Waals surface area contributed by atoms with Gasteiger partial charge < -0.3 is 14.6 Å². The second-order valence-corrected chi connectivity index (χ2v) is 5.64. The third-order valence-electron chi connectivity index (χ3n) is 4.14. The molecular weight excluding hydrogens is 236 g/mol.